The zero-order valence-corrected chi connectivity index (χ0v) is 12.0. The van der Waals surface area contributed by atoms with Gasteiger partial charge in [0.15, 0.2) is 0 Å². The maximum atomic E-state index is 11.0. The van der Waals surface area contributed by atoms with E-state index in [0.717, 1.165) is 9.79 Å². The molecule has 0 heterocycles. The minimum absolute atomic E-state index is 0.434. The fourth-order valence-electron chi connectivity index (χ4n) is 1.45. The van der Waals surface area contributed by atoms with Crippen molar-refractivity contribution in [2.45, 2.75) is 9.79 Å². The summed E-state index contributed by atoms with van der Waals surface area (Å²) in [4.78, 5) is 23.9. The van der Waals surface area contributed by atoms with Crippen molar-refractivity contribution in [3.63, 3.8) is 0 Å². The molecule has 2 aromatic rings. The van der Waals surface area contributed by atoms with Crippen molar-refractivity contribution in [3.8, 4) is 0 Å². The quantitative estimate of drug-likeness (QED) is 0.832. The Morgan fingerprint density at radius 2 is 0.950 bits per heavy atom. The normalized spacial score (nSPS) is 10.2. The summed E-state index contributed by atoms with van der Waals surface area (Å²) < 4.78 is 0. The predicted octanol–water partition coefficient (Wildman–Crippen LogP) is 2.68. The number of primary amides is 2. The lowest BCUT2D eigenvalue weighted by Gasteiger charge is -2.03. The molecule has 0 aliphatic rings. The van der Waals surface area contributed by atoms with Crippen LogP contribution in [0.1, 0.15) is 20.7 Å². The highest BCUT2D eigenvalue weighted by atomic mass is 33.1. The van der Waals surface area contributed by atoms with Crippen LogP contribution in [0.2, 0.25) is 0 Å². The van der Waals surface area contributed by atoms with Crippen molar-refractivity contribution in [3.05, 3.63) is 59.7 Å². The summed E-state index contributed by atoms with van der Waals surface area (Å²) in [5, 5.41) is 0. The Bertz CT molecular complexity index is 567. The van der Waals surface area contributed by atoms with Crippen LogP contribution < -0.4 is 11.5 Å². The second-order valence-electron chi connectivity index (χ2n) is 3.94. The molecule has 4 nitrogen and oxygen atoms in total. The van der Waals surface area contributed by atoms with Crippen molar-refractivity contribution in [2.24, 2.45) is 11.5 Å². The van der Waals surface area contributed by atoms with Gasteiger partial charge < -0.3 is 11.5 Å². The van der Waals surface area contributed by atoms with Crippen LogP contribution in [0.4, 0.5) is 0 Å². The van der Waals surface area contributed by atoms with Crippen LogP contribution in [0, 0.1) is 0 Å². The van der Waals surface area contributed by atoms with Gasteiger partial charge in [0.1, 0.15) is 0 Å². The summed E-state index contributed by atoms with van der Waals surface area (Å²) in [6.07, 6.45) is 0. The Kier molecular flexibility index (Phi) is 4.70. The topological polar surface area (TPSA) is 86.2 Å². The van der Waals surface area contributed by atoms with E-state index in [9.17, 15) is 9.59 Å². The van der Waals surface area contributed by atoms with E-state index in [1.807, 2.05) is 24.3 Å². The Hall–Kier alpha value is -1.92. The number of benzene rings is 2. The fraction of sp³-hybridized carbons (Fsp3) is 0. The average Bonchev–Trinajstić information content (AvgIpc) is 2.46. The molecule has 20 heavy (non-hydrogen) atoms. The standard InChI is InChI=1S/C14H12N2O2S2/c15-13(17)9-1-5-11(6-2-9)19-20-12-7-3-10(4-8-12)14(16)18/h1-8H,(H2,15,17)(H2,16,18). The van der Waals surface area contributed by atoms with E-state index in [1.165, 1.54) is 0 Å². The molecule has 0 aliphatic heterocycles. The fourth-order valence-corrected chi connectivity index (χ4v) is 3.38. The Morgan fingerprint density at radius 1 is 0.650 bits per heavy atom. The van der Waals surface area contributed by atoms with E-state index in [4.69, 9.17) is 11.5 Å². The lowest BCUT2D eigenvalue weighted by molar-refractivity contribution is 0.0992. The van der Waals surface area contributed by atoms with Gasteiger partial charge >= 0.3 is 0 Å². The first kappa shape index (κ1) is 14.5. The molecule has 0 bridgehead atoms. The molecule has 0 aliphatic carbocycles. The van der Waals surface area contributed by atoms with Gasteiger partial charge in [0.25, 0.3) is 0 Å². The minimum atomic E-state index is -0.434. The largest absolute Gasteiger partial charge is 0.366 e. The SMILES string of the molecule is NC(=O)c1ccc(SSc2ccc(C(N)=O)cc2)cc1. The van der Waals surface area contributed by atoms with E-state index < -0.39 is 11.8 Å². The number of nitrogens with two attached hydrogens (primary N) is 2. The van der Waals surface area contributed by atoms with Crippen LogP contribution >= 0.6 is 21.6 Å². The van der Waals surface area contributed by atoms with E-state index in [1.54, 1.807) is 45.9 Å². The van der Waals surface area contributed by atoms with Gasteiger partial charge in [-0.15, -0.1) is 0 Å². The molecule has 0 saturated heterocycles. The lowest BCUT2D eigenvalue weighted by atomic mass is 10.2. The van der Waals surface area contributed by atoms with Crippen molar-refractivity contribution in [2.75, 3.05) is 0 Å². The van der Waals surface area contributed by atoms with Gasteiger partial charge in [-0.05, 0) is 48.5 Å². The predicted molar refractivity (Wildman–Crippen MR) is 81.6 cm³/mol. The molecule has 2 amide bonds. The molecule has 0 radical (unpaired) electrons. The molecule has 6 heteroatoms. The summed E-state index contributed by atoms with van der Waals surface area (Å²) in [6, 6.07) is 14.2. The number of rotatable bonds is 5. The van der Waals surface area contributed by atoms with Gasteiger partial charge in [-0.3, -0.25) is 9.59 Å². The molecular formula is C14H12N2O2S2. The van der Waals surface area contributed by atoms with Gasteiger partial charge in [-0.25, -0.2) is 0 Å². The van der Waals surface area contributed by atoms with Gasteiger partial charge in [-0.1, -0.05) is 21.6 Å². The lowest BCUT2D eigenvalue weighted by Crippen LogP contribution is -2.10. The van der Waals surface area contributed by atoms with E-state index in [2.05, 4.69) is 0 Å². The molecule has 2 rings (SSSR count). The van der Waals surface area contributed by atoms with Crippen LogP contribution in [-0.2, 0) is 0 Å². The third-order valence-electron chi connectivity index (χ3n) is 2.51. The monoisotopic (exact) mass is 304 g/mol. The first-order chi connectivity index (χ1) is 9.56. The van der Waals surface area contributed by atoms with Crippen molar-refractivity contribution < 1.29 is 9.59 Å². The van der Waals surface area contributed by atoms with E-state index in [0.29, 0.717) is 11.1 Å². The first-order valence-corrected chi connectivity index (χ1v) is 7.85. The molecule has 0 unspecified atom stereocenters. The van der Waals surface area contributed by atoms with Crippen LogP contribution in [0.5, 0.6) is 0 Å². The van der Waals surface area contributed by atoms with Crippen LogP contribution in [0.3, 0.4) is 0 Å². The molecule has 0 spiro atoms. The Balaban J connectivity index is 1.97. The molecule has 2 aromatic carbocycles. The zero-order chi connectivity index (χ0) is 14.5. The molecule has 0 atom stereocenters. The van der Waals surface area contributed by atoms with Gasteiger partial charge in [0, 0.05) is 20.9 Å². The number of carbonyl (C=O) groups excluding carboxylic acids is 2. The highest BCUT2D eigenvalue weighted by Gasteiger charge is 2.03. The third kappa shape index (κ3) is 3.79. The maximum absolute atomic E-state index is 11.0. The van der Waals surface area contributed by atoms with Crippen LogP contribution in [0.25, 0.3) is 0 Å². The zero-order valence-electron chi connectivity index (χ0n) is 10.4. The Morgan fingerprint density at radius 3 is 1.20 bits per heavy atom. The highest BCUT2D eigenvalue weighted by molar-refractivity contribution is 8.76. The smallest absolute Gasteiger partial charge is 0.248 e. The summed E-state index contributed by atoms with van der Waals surface area (Å²) in [5.74, 6) is -0.868. The summed E-state index contributed by atoms with van der Waals surface area (Å²) in [6.45, 7) is 0. The third-order valence-corrected chi connectivity index (χ3v) is 4.93. The summed E-state index contributed by atoms with van der Waals surface area (Å²) >= 11 is 0. The van der Waals surface area contributed by atoms with Gasteiger partial charge in [0.2, 0.25) is 11.8 Å². The highest BCUT2D eigenvalue weighted by Crippen LogP contribution is 2.37. The summed E-state index contributed by atoms with van der Waals surface area (Å²) in [5.41, 5.74) is 11.3. The average molecular weight is 304 g/mol. The van der Waals surface area contributed by atoms with Gasteiger partial charge in [0.05, 0.1) is 0 Å². The second kappa shape index (κ2) is 6.49. The van der Waals surface area contributed by atoms with Crippen molar-refractivity contribution >= 4 is 33.4 Å². The number of hydrogen-bond donors (Lipinski definition) is 2. The number of carbonyl (C=O) groups is 2. The maximum Gasteiger partial charge on any atom is 0.248 e. The number of hydrogen-bond acceptors (Lipinski definition) is 4. The first-order valence-electron chi connectivity index (χ1n) is 5.70. The van der Waals surface area contributed by atoms with Crippen LogP contribution in [0.15, 0.2) is 58.3 Å². The Labute approximate surface area is 124 Å². The molecule has 4 N–H and O–H groups in total. The molecule has 0 aromatic heterocycles. The minimum Gasteiger partial charge on any atom is -0.366 e. The molecule has 0 fully saturated rings. The van der Waals surface area contributed by atoms with Crippen molar-refractivity contribution in [1.82, 2.24) is 0 Å². The second-order valence-corrected chi connectivity index (χ2v) is 6.22. The number of amides is 2. The molecule has 0 saturated carbocycles. The van der Waals surface area contributed by atoms with Crippen LogP contribution in [-0.4, -0.2) is 11.8 Å². The van der Waals surface area contributed by atoms with Gasteiger partial charge in [-0.2, -0.15) is 0 Å². The summed E-state index contributed by atoms with van der Waals surface area (Å²) in [7, 11) is 3.11. The van der Waals surface area contributed by atoms with E-state index >= 15 is 0 Å². The van der Waals surface area contributed by atoms with Crippen molar-refractivity contribution in [1.29, 1.82) is 0 Å². The van der Waals surface area contributed by atoms with E-state index in [-0.39, 0.29) is 0 Å². The molecular weight excluding hydrogens is 292 g/mol. The molecule has 102 valence electrons.